The van der Waals surface area contributed by atoms with E-state index in [0.29, 0.717) is 6.42 Å². The maximum Gasteiger partial charge on any atom is 0.154 e. The Kier molecular flexibility index (Phi) is 4.55. The van der Waals surface area contributed by atoms with Crippen LogP contribution in [0.1, 0.15) is 32.8 Å². The Morgan fingerprint density at radius 3 is 2.41 bits per heavy atom. The second-order valence-electron chi connectivity index (χ2n) is 5.30. The number of hydrogen-bond donors (Lipinski definition) is 0. The molecule has 0 heterocycles. The van der Waals surface area contributed by atoms with Gasteiger partial charge in [-0.15, -0.1) is 0 Å². The normalized spacial score (nSPS) is 12.0. The molecule has 0 amide bonds. The number of nitrogens with zero attached hydrogens (tertiary/aromatic N) is 1. The van der Waals surface area contributed by atoms with Crippen molar-refractivity contribution in [2.75, 3.05) is 6.54 Å². The van der Waals surface area contributed by atoms with Crippen molar-refractivity contribution < 1.29 is 9.18 Å². The lowest BCUT2D eigenvalue weighted by Gasteiger charge is -2.15. The summed E-state index contributed by atoms with van der Waals surface area (Å²) >= 11 is 0. The van der Waals surface area contributed by atoms with Crippen molar-refractivity contribution in [3.63, 3.8) is 0 Å². The number of carbonyl (C=O) groups excluding carboxylic acids is 1. The second-order valence-corrected chi connectivity index (χ2v) is 5.30. The summed E-state index contributed by atoms with van der Waals surface area (Å²) < 4.78 is 12.6. The highest BCUT2D eigenvalue weighted by molar-refractivity contribution is 5.85. The number of hydrogen-bond acceptors (Lipinski definition) is 2. The fraction of sp³-hybridized carbons (Fsp3) is 0.429. The average Bonchev–Trinajstić information content (AvgIpc) is 2.18. The summed E-state index contributed by atoms with van der Waals surface area (Å²) in [5.74, 6) is -0.151. The molecule has 0 saturated heterocycles. The topological polar surface area (TPSA) is 29.4 Å². The van der Waals surface area contributed by atoms with Gasteiger partial charge in [0.25, 0.3) is 0 Å². The predicted octanol–water partition coefficient (Wildman–Crippen LogP) is 3.25. The van der Waals surface area contributed by atoms with E-state index in [1.807, 2.05) is 20.8 Å². The molecule has 0 N–H and O–H groups in total. The SMILES string of the molecule is CC(C)(C)CC(=O)CN=Cc1ccc(F)cc1. The minimum atomic E-state index is -0.272. The van der Waals surface area contributed by atoms with E-state index < -0.39 is 0 Å². The summed E-state index contributed by atoms with van der Waals surface area (Å²) in [7, 11) is 0. The van der Waals surface area contributed by atoms with Crippen LogP contribution >= 0.6 is 0 Å². The standard InChI is InChI=1S/C14H18FNO/c1-14(2,3)8-13(17)10-16-9-11-4-6-12(15)7-5-11/h4-7,9H,8,10H2,1-3H3. The van der Waals surface area contributed by atoms with Gasteiger partial charge >= 0.3 is 0 Å². The van der Waals surface area contributed by atoms with E-state index in [4.69, 9.17) is 0 Å². The molecule has 1 aromatic rings. The Morgan fingerprint density at radius 1 is 1.29 bits per heavy atom. The second kappa shape index (κ2) is 5.71. The molecule has 92 valence electrons. The third kappa shape index (κ3) is 5.95. The zero-order chi connectivity index (χ0) is 12.9. The van der Waals surface area contributed by atoms with Crippen LogP contribution in [0.3, 0.4) is 0 Å². The number of Topliss-reactive ketones (excluding diaryl/α,β-unsaturated/α-hetero) is 1. The highest BCUT2D eigenvalue weighted by Crippen LogP contribution is 2.18. The van der Waals surface area contributed by atoms with Crippen molar-refractivity contribution >= 4 is 12.0 Å². The van der Waals surface area contributed by atoms with E-state index in [1.165, 1.54) is 12.1 Å². The number of aliphatic imine (C=N–C) groups is 1. The van der Waals surface area contributed by atoms with E-state index in [9.17, 15) is 9.18 Å². The first-order valence-electron chi connectivity index (χ1n) is 5.64. The number of benzene rings is 1. The maximum absolute atomic E-state index is 12.6. The summed E-state index contributed by atoms with van der Waals surface area (Å²) in [4.78, 5) is 15.6. The summed E-state index contributed by atoms with van der Waals surface area (Å²) in [6.45, 7) is 6.26. The van der Waals surface area contributed by atoms with Gasteiger partial charge < -0.3 is 0 Å². The lowest BCUT2D eigenvalue weighted by Crippen LogP contribution is -2.14. The molecule has 0 aromatic heterocycles. The van der Waals surface area contributed by atoms with Gasteiger partial charge in [0.15, 0.2) is 5.78 Å². The zero-order valence-electron chi connectivity index (χ0n) is 10.5. The lowest BCUT2D eigenvalue weighted by molar-refractivity contribution is -0.119. The molecule has 0 fully saturated rings. The van der Waals surface area contributed by atoms with Gasteiger partial charge in [-0.3, -0.25) is 9.79 Å². The minimum Gasteiger partial charge on any atom is -0.298 e. The zero-order valence-corrected chi connectivity index (χ0v) is 10.5. The third-order valence-corrected chi connectivity index (χ3v) is 2.11. The first kappa shape index (κ1) is 13.6. The average molecular weight is 235 g/mol. The molecule has 0 unspecified atom stereocenters. The fourth-order valence-electron chi connectivity index (χ4n) is 1.45. The summed E-state index contributed by atoms with van der Waals surface area (Å²) in [5, 5.41) is 0. The first-order valence-corrected chi connectivity index (χ1v) is 5.64. The van der Waals surface area contributed by atoms with Crippen LogP contribution in [0.2, 0.25) is 0 Å². The fourth-order valence-corrected chi connectivity index (χ4v) is 1.45. The van der Waals surface area contributed by atoms with E-state index in [1.54, 1.807) is 18.3 Å². The van der Waals surface area contributed by atoms with Gasteiger partial charge in [-0.05, 0) is 23.1 Å². The van der Waals surface area contributed by atoms with Crippen molar-refractivity contribution in [3.05, 3.63) is 35.6 Å². The number of rotatable bonds is 4. The molecular formula is C14H18FNO. The molecule has 0 saturated carbocycles. The van der Waals surface area contributed by atoms with Crippen LogP contribution in [0, 0.1) is 11.2 Å². The maximum atomic E-state index is 12.6. The summed E-state index contributed by atoms with van der Waals surface area (Å²) in [6.07, 6.45) is 2.12. The molecule has 0 aliphatic carbocycles. The number of carbonyl (C=O) groups is 1. The van der Waals surface area contributed by atoms with E-state index >= 15 is 0 Å². The van der Waals surface area contributed by atoms with Gasteiger partial charge in [-0.25, -0.2) is 4.39 Å². The molecule has 1 rings (SSSR count). The highest BCUT2D eigenvalue weighted by Gasteiger charge is 2.14. The van der Waals surface area contributed by atoms with Crippen molar-refractivity contribution in [2.24, 2.45) is 10.4 Å². The van der Waals surface area contributed by atoms with Crippen LogP contribution in [0.15, 0.2) is 29.3 Å². The smallest absolute Gasteiger partial charge is 0.154 e. The van der Waals surface area contributed by atoms with Crippen molar-refractivity contribution in [1.82, 2.24) is 0 Å². The van der Waals surface area contributed by atoms with Crippen LogP contribution in [-0.4, -0.2) is 18.5 Å². The van der Waals surface area contributed by atoms with Gasteiger partial charge in [0.05, 0.1) is 6.54 Å². The van der Waals surface area contributed by atoms with Crippen LogP contribution < -0.4 is 0 Å². The van der Waals surface area contributed by atoms with E-state index in [0.717, 1.165) is 5.56 Å². The first-order chi connectivity index (χ1) is 7.87. The van der Waals surface area contributed by atoms with E-state index in [-0.39, 0.29) is 23.6 Å². The van der Waals surface area contributed by atoms with Crippen LogP contribution in [-0.2, 0) is 4.79 Å². The number of ketones is 1. The molecule has 1 aromatic carbocycles. The number of halogens is 1. The van der Waals surface area contributed by atoms with Crippen molar-refractivity contribution in [1.29, 1.82) is 0 Å². The predicted molar refractivity (Wildman–Crippen MR) is 67.9 cm³/mol. The van der Waals surface area contributed by atoms with Crippen LogP contribution in [0.4, 0.5) is 4.39 Å². The Labute approximate surface area is 102 Å². The van der Waals surface area contributed by atoms with Gasteiger partial charge in [0.1, 0.15) is 5.82 Å². The Morgan fingerprint density at radius 2 is 1.88 bits per heavy atom. The molecule has 0 radical (unpaired) electrons. The Balaban J connectivity index is 2.45. The molecule has 3 heteroatoms. The molecule has 0 aliphatic rings. The van der Waals surface area contributed by atoms with E-state index in [2.05, 4.69) is 4.99 Å². The lowest BCUT2D eigenvalue weighted by atomic mass is 9.90. The van der Waals surface area contributed by atoms with Crippen LogP contribution in [0.25, 0.3) is 0 Å². The summed E-state index contributed by atoms with van der Waals surface area (Å²) in [5.41, 5.74) is 0.803. The van der Waals surface area contributed by atoms with Gasteiger partial charge in [-0.2, -0.15) is 0 Å². The summed E-state index contributed by atoms with van der Waals surface area (Å²) in [6, 6.07) is 6.01. The minimum absolute atomic E-state index is 0.00246. The quantitative estimate of drug-likeness (QED) is 0.736. The van der Waals surface area contributed by atoms with Gasteiger partial charge in [-0.1, -0.05) is 32.9 Å². The third-order valence-electron chi connectivity index (χ3n) is 2.11. The van der Waals surface area contributed by atoms with Gasteiger partial charge in [0.2, 0.25) is 0 Å². The molecule has 0 bridgehead atoms. The van der Waals surface area contributed by atoms with Crippen LogP contribution in [0.5, 0.6) is 0 Å². The monoisotopic (exact) mass is 235 g/mol. The molecule has 0 atom stereocenters. The molecule has 17 heavy (non-hydrogen) atoms. The van der Waals surface area contributed by atoms with Crippen molar-refractivity contribution in [2.45, 2.75) is 27.2 Å². The Bertz CT molecular complexity index is 401. The largest absolute Gasteiger partial charge is 0.298 e. The molecular weight excluding hydrogens is 217 g/mol. The molecule has 2 nitrogen and oxygen atoms in total. The highest BCUT2D eigenvalue weighted by atomic mass is 19.1. The van der Waals surface area contributed by atoms with Crippen molar-refractivity contribution in [3.8, 4) is 0 Å². The molecule has 0 spiro atoms. The molecule has 0 aliphatic heterocycles. The Hall–Kier alpha value is -1.51. The van der Waals surface area contributed by atoms with Gasteiger partial charge in [0, 0.05) is 12.6 Å².